The number of likely N-dealkylation sites (tertiary alicyclic amines) is 1. The lowest BCUT2D eigenvalue weighted by atomic mass is 9.66. The van der Waals surface area contributed by atoms with E-state index in [1.165, 1.54) is 12.5 Å². The topological polar surface area (TPSA) is 15.3 Å². The molecule has 2 aliphatic carbocycles. The molecule has 2 nitrogen and oxygen atoms in total. The van der Waals surface area contributed by atoms with Gasteiger partial charge in [0.25, 0.3) is 0 Å². The van der Waals surface area contributed by atoms with Gasteiger partial charge >= 0.3 is 6.18 Å². The summed E-state index contributed by atoms with van der Waals surface area (Å²) in [7, 11) is 0. The highest BCUT2D eigenvalue weighted by molar-refractivity contribution is 6.31. The van der Waals surface area contributed by atoms with Crippen molar-refractivity contribution < 1.29 is 13.2 Å². The van der Waals surface area contributed by atoms with Crippen molar-refractivity contribution in [1.82, 2.24) is 10.2 Å². The van der Waals surface area contributed by atoms with Crippen molar-refractivity contribution in [3.63, 3.8) is 0 Å². The van der Waals surface area contributed by atoms with Crippen LogP contribution in [0.1, 0.15) is 53.4 Å². The molecule has 1 aliphatic heterocycles. The molecular formula is C27H40ClF3N2. The maximum atomic E-state index is 13.0. The molecule has 2 unspecified atom stereocenters. The van der Waals surface area contributed by atoms with Crippen molar-refractivity contribution in [2.24, 2.45) is 29.1 Å². The predicted molar refractivity (Wildman–Crippen MR) is 132 cm³/mol. The van der Waals surface area contributed by atoms with Crippen LogP contribution in [0, 0.1) is 29.1 Å². The zero-order valence-electron chi connectivity index (χ0n) is 20.5. The lowest BCUT2D eigenvalue weighted by Gasteiger charge is -2.48. The highest BCUT2D eigenvalue weighted by Gasteiger charge is 2.40. The number of nitrogens with one attached hydrogen (secondary N) is 1. The predicted octanol–water partition coefficient (Wildman–Crippen LogP) is 7.10. The van der Waals surface area contributed by atoms with Gasteiger partial charge in [0.05, 0.1) is 5.92 Å². The van der Waals surface area contributed by atoms with Gasteiger partial charge in [-0.15, -0.1) is 0 Å². The zero-order chi connectivity index (χ0) is 24.2. The van der Waals surface area contributed by atoms with Crippen LogP contribution in [0.3, 0.4) is 0 Å². The molecule has 3 rings (SSSR count). The van der Waals surface area contributed by atoms with E-state index in [-0.39, 0.29) is 11.8 Å². The molecule has 0 saturated carbocycles. The van der Waals surface area contributed by atoms with E-state index in [0.717, 1.165) is 36.7 Å². The number of nitrogens with zero attached hydrogens (tertiary/aromatic N) is 1. The summed E-state index contributed by atoms with van der Waals surface area (Å²) in [6, 6.07) is 0.320. The van der Waals surface area contributed by atoms with Crippen LogP contribution >= 0.6 is 11.6 Å². The minimum Gasteiger partial charge on any atom is -0.312 e. The summed E-state index contributed by atoms with van der Waals surface area (Å²) < 4.78 is 39.1. The van der Waals surface area contributed by atoms with Gasteiger partial charge in [0.1, 0.15) is 0 Å². The van der Waals surface area contributed by atoms with Crippen LogP contribution in [-0.2, 0) is 0 Å². The third kappa shape index (κ3) is 7.47. The third-order valence-corrected chi connectivity index (χ3v) is 7.91. The van der Waals surface area contributed by atoms with E-state index in [0.29, 0.717) is 36.8 Å². The summed E-state index contributed by atoms with van der Waals surface area (Å²) in [6.45, 7) is 13.0. The van der Waals surface area contributed by atoms with E-state index < -0.39 is 12.1 Å². The second-order valence-corrected chi connectivity index (χ2v) is 11.5. The first-order valence-corrected chi connectivity index (χ1v) is 12.8. The Labute approximate surface area is 203 Å². The van der Waals surface area contributed by atoms with Gasteiger partial charge in [-0.1, -0.05) is 75.2 Å². The Hall–Kier alpha value is -1.04. The Morgan fingerprint density at radius 3 is 2.58 bits per heavy atom. The SMILES string of the molecule is CC(C)[C@H](CN1CC[C@H](C2C=CC(Cl)=CC2)C(C)(C)C1)NCCC1=CC(C(F)(F)F)CC=C1. The van der Waals surface area contributed by atoms with Gasteiger partial charge in [-0.25, -0.2) is 0 Å². The number of rotatable bonds is 8. The van der Waals surface area contributed by atoms with Gasteiger partial charge < -0.3 is 10.2 Å². The molecule has 1 N–H and O–H groups in total. The van der Waals surface area contributed by atoms with Crippen LogP contribution < -0.4 is 5.32 Å². The van der Waals surface area contributed by atoms with E-state index in [1.54, 1.807) is 6.08 Å². The molecular weight excluding hydrogens is 445 g/mol. The molecule has 33 heavy (non-hydrogen) atoms. The number of hydrogen-bond acceptors (Lipinski definition) is 2. The van der Waals surface area contributed by atoms with Crippen molar-refractivity contribution in [3.8, 4) is 0 Å². The first kappa shape index (κ1) is 26.6. The minimum atomic E-state index is -4.15. The van der Waals surface area contributed by atoms with Crippen LogP contribution in [-0.4, -0.2) is 43.3 Å². The number of hydrogen-bond donors (Lipinski definition) is 1. The van der Waals surface area contributed by atoms with Crippen LogP contribution in [0.4, 0.5) is 13.2 Å². The molecule has 6 heteroatoms. The molecule has 1 heterocycles. The van der Waals surface area contributed by atoms with Crippen LogP contribution in [0.2, 0.25) is 0 Å². The molecule has 0 aromatic heterocycles. The fraction of sp³-hybridized carbons (Fsp3) is 0.704. The Morgan fingerprint density at radius 2 is 1.97 bits per heavy atom. The standard InChI is InChI=1S/C27H40ClF3N2/c1-19(2)25(32-14-12-20-6-5-7-22(16-20)27(29,30)31)17-33-15-13-24(26(3,4)18-33)21-8-10-23(28)11-9-21/h5-6,8,10-11,16,19,21-22,24-25,32H,7,9,12-15,17-18H2,1-4H3/t21?,22?,24-,25+/m1/s1. The quantitative estimate of drug-likeness (QED) is 0.395. The Morgan fingerprint density at radius 1 is 1.21 bits per heavy atom. The summed E-state index contributed by atoms with van der Waals surface area (Å²) in [6.07, 6.45) is 10.1. The number of halogens is 4. The fourth-order valence-electron chi connectivity index (χ4n) is 5.68. The third-order valence-electron chi connectivity index (χ3n) is 7.63. The van der Waals surface area contributed by atoms with Crippen LogP contribution in [0.5, 0.6) is 0 Å². The summed E-state index contributed by atoms with van der Waals surface area (Å²) in [5.41, 5.74) is 1.01. The number of piperidine rings is 1. The summed E-state index contributed by atoms with van der Waals surface area (Å²) in [5.74, 6) is 0.315. The summed E-state index contributed by atoms with van der Waals surface area (Å²) >= 11 is 6.12. The second-order valence-electron chi connectivity index (χ2n) is 11.0. The Bertz CT molecular complexity index is 779. The van der Waals surface area contributed by atoms with E-state index in [9.17, 15) is 13.2 Å². The van der Waals surface area contributed by atoms with Gasteiger partial charge in [0.2, 0.25) is 0 Å². The molecule has 186 valence electrons. The van der Waals surface area contributed by atoms with Crippen molar-refractivity contribution >= 4 is 11.6 Å². The number of alkyl halides is 3. The molecule has 0 bridgehead atoms. The molecule has 0 amide bonds. The first-order chi connectivity index (χ1) is 15.5. The highest BCUT2D eigenvalue weighted by Crippen LogP contribution is 2.43. The normalized spacial score (nSPS) is 29.2. The van der Waals surface area contributed by atoms with Gasteiger partial charge in [0.15, 0.2) is 0 Å². The van der Waals surface area contributed by atoms with Crippen molar-refractivity contribution in [3.05, 3.63) is 47.1 Å². The molecule has 3 aliphatic rings. The maximum Gasteiger partial charge on any atom is 0.395 e. The van der Waals surface area contributed by atoms with Crippen molar-refractivity contribution in [2.75, 3.05) is 26.2 Å². The van der Waals surface area contributed by atoms with Gasteiger partial charge in [-0.3, -0.25) is 0 Å². The van der Waals surface area contributed by atoms with Gasteiger partial charge in [-0.05, 0) is 68.0 Å². The summed E-state index contributed by atoms with van der Waals surface area (Å²) in [5, 5.41) is 4.49. The molecule has 1 saturated heterocycles. The zero-order valence-corrected chi connectivity index (χ0v) is 21.2. The molecule has 1 fully saturated rings. The van der Waals surface area contributed by atoms with E-state index >= 15 is 0 Å². The lowest BCUT2D eigenvalue weighted by Crippen LogP contribution is -2.52. The van der Waals surface area contributed by atoms with Gasteiger partial charge in [-0.2, -0.15) is 13.2 Å². The minimum absolute atomic E-state index is 0.0563. The summed E-state index contributed by atoms with van der Waals surface area (Å²) in [4.78, 5) is 2.57. The smallest absolute Gasteiger partial charge is 0.312 e. The fourth-order valence-corrected chi connectivity index (χ4v) is 5.84. The number of allylic oxidation sites excluding steroid dienone is 7. The Balaban J connectivity index is 1.51. The lowest BCUT2D eigenvalue weighted by molar-refractivity contribution is -0.160. The molecule has 0 aromatic carbocycles. The largest absolute Gasteiger partial charge is 0.395 e. The van der Waals surface area contributed by atoms with Crippen LogP contribution in [0.25, 0.3) is 0 Å². The van der Waals surface area contributed by atoms with E-state index in [1.807, 2.05) is 12.2 Å². The van der Waals surface area contributed by atoms with E-state index in [2.05, 4.69) is 50.1 Å². The maximum absolute atomic E-state index is 13.0. The first-order valence-electron chi connectivity index (χ1n) is 12.4. The average Bonchev–Trinajstić information content (AvgIpc) is 2.73. The molecule has 0 radical (unpaired) electrons. The molecule has 0 spiro atoms. The highest BCUT2D eigenvalue weighted by atomic mass is 35.5. The molecule has 4 atom stereocenters. The average molecular weight is 485 g/mol. The Kier molecular flexibility index (Phi) is 8.96. The van der Waals surface area contributed by atoms with Crippen molar-refractivity contribution in [2.45, 2.75) is 65.6 Å². The monoisotopic (exact) mass is 484 g/mol. The van der Waals surface area contributed by atoms with E-state index in [4.69, 9.17) is 11.6 Å². The second kappa shape index (κ2) is 11.1. The van der Waals surface area contributed by atoms with Gasteiger partial charge in [0, 0.05) is 24.2 Å². The van der Waals surface area contributed by atoms with Crippen LogP contribution in [0.15, 0.2) is 47.1 Å². The van der Waals surface area contributed by atoms with Crippen molar-refractivity contribution in [1.29, 1.82) is 0 Å². The molecule has 0 aromatic rings.